The van der Waals surface area contributed by atoms with Crippen molar-refractivity contribution in [3.63, 3.8) is 0 Å². The Labute approximate surface area is 149 Å². The van der Waals surface area contributed by atoms with Crippen LogP contribution in [0, 0.1) is 0 Å². The second-order valence-electron chi connectivity index (χ2n) is 5.03. The number of nitrogens with one attached hydrogen (secondary N) is 1. The van der Waals surface area contributed by atoms with E-state index >= 15 is 0 Å². The number of carbonyl (C=O) groups is 2. The van der Waals surface area contributed by atoms with Gasteiger partial charge in [0, 0.05) is 6.08 Å². The maximum Gasteiger partial charge on any atom is 0.328 e. The van der Waals surface area contributed by atoms with Crippen LogP contribution in [0.25, 0.3) is 6.08 Å². The fraction of sp³-hybridized carbons (Fsp3) is 0.0588. The molecule has 8 nitrogen and oxygen atoms in total. The third-order valence-electron chi connectivity index (χ3n) is 3.27. The van der Waals surface area contributed by atoms with Gasteiger partial charge in [-0.25, -0.2) is 17.9 Å². The lowest BCUT2D eigenvalue weighted by atomic mass is 10.2. The van der Waals surface area contributed by atoms with Crippen molar-refractivity contribution < 1.29 is 33.0 Å². The average Bonchev–Trinajstić information content (AvgIpc) is 2.84. The van der Waals surface area contributed by atoms with E-state index < -0.39 is 21.9 Å². The zero-order valence-electron chi connectivity index (χ0n) is 13.5. The maximum absolute atomic E-state index is 11.1. The first kappa shape index (κ1) is 19.0. The molecule has 1 aliphatic heterocycles. The predicted octanol–water partition coefficient (Wildman–Crippen LogP) is 1.62. The molecule has 0 atom stereocenters. The van der Waals surface area contributed by atoms with Gasteiger partial charge in [-0.3, -0.25) is 4.79 Å². The molecule has 1 amide bonds. The molecule has 0 fully saturated rings. The van der Waals surface area contributed by atoms with Crippen LogP contribution >= 0.6 is 0 Å². The molecule has 0 saturated heterocycles. The molecule has 1 aliphatic rings. The van der Waals surface area contributed by atoms with Crippen molar-refractivity contribution in [1.29, 1.82) is 0 Å². The van der Waals surface area contributed by atoms with Crippen LogP contribution < -0.4 is 9.46 Å². The van der Waals surface area contributed by atoms with Crippen LogP contribution in [0.2, 0.25) is 0 Å². The number of phenols is 1. The number of aliphatic carboxylic acids is 1. The van der Waals surface area contributed by atoms with Crippen LogP contribution in [0.4, 0.5) is 0 Å². The van der Waals surface area contributed by atoms with Gasteiger partial charge < -0.3 is 14.9 Å². The largest absolute Gasteiger partial charge is 0.504 e. The van der Waals surface area contributed by atoms with Gasteiger partial charge in [0.2, 0.25) is 0 Å². The molecular weight excluding hydrogens is 362 g/mol. The van der Waals surface area contributed by atoms with Crippen LogP contribution in [0.15, 0.2) is 53.4 Å². The first-order valence-electron chi connectivity index (χ1n) is 7.19. The van der Waals surface area contributed by atoms with E-state index in [-0.39, 0.29) is 16.2 Å². The molecule has 0 bridgehead atoms. The number of benzene rings is 2. The molecule has 0 radical (unpaired) electrons. The molecule has 1 heterocycles. The van der Waals surface area contributed by atoms with E-state index in [2.05, 4.69) is 0 Å². The van der Waals surface area contributed by atoms with Crippen molar-refractivity contribution in [2.45, 2.75) is 4.90 Å². The number of sulfonamides is 1. The summed E-state index contributed by atoms with van der Waals surface area (Å²) >= 11 is 0. The number of rotatable bonds is 3. The Kier molecular flexibility index (Phi) is 5.63. The van der Waals surface area contributed by atoms with E-state index in [0.717, 1.165) is 6.08 Å². The van der Waals surface area contributed by atoms with Gasteiger partial charge in [0.05, 0.1) is 12.7 Å². The number of ether oxygens (including phenoxy) is 1. The van der Waals surface area contributed by atoms with E-state index in [9.17, 15) is 23.1 Å². The predicted molar refractivity (Wildman–Crippen MR) is 92.4 cm³/mol. The van der Waals surface area contributed by atoms with Crippen LogP contribution in [-0.2, 0) is 14.8 Å². The molecule has 3 N–H and O–H groups in total. The SMILES string of the molecule is COc1cc(C=CC(=O)O)ccc1O.O=C1NS(=O)(=O)c2ccccc21. The van der Waals surface area contributed by atoms with Gasteiger partial charge in [-0.1, -0.05) is 18.2 Å². The fourth-order valence-electron chi connectivity index (χ4n) is 2.09. The summed E-state index contributed by atoms with van der Waals surface area (Å²) in [5, 5.41) is 17.6. The third-order valence-corrected chi connectivity index (χ3v) is 4.66. The lowest BCUT2D eigenvalue weighted by molar-refractivity contribution is -0.131. The molecule has 26 heavy (non-hydrogen) atoms. The molecule has 0 saturated carbocycles. The minimum Gasteiger partial charge on any atom is -0.504 e. The summed E-state index contributed by atoms with van der Waals surface area (Å²) in [6, 6.07) is 10.7. The fourth-order valence-corrected chi connectivity index (χ4v) is 3.26. The molecule has 136 valence electrons. The molecule has 3 rings (SSSR count). The highest BCUT2D eigenvalue weighted by atomic mass is 32.2. The topological polar surface area (TPSA) is 130 Å². The minimum atomic E-state index is -3.55. The number of phenolic OH excluding ortho intramolecular Hbond substituents is 1. The highest BCUT2D eigenvalue weighted by Crippen LogP contribution is 2.26. The Morgan fingerprint density at radius 2 is 1.88 bits per heavy atom. The van der Waals surface area contributed by atoms with Gasteiger partial charge >= 0.3 is 5.97 Å². The number of methoxy groups -OCH3 is 1. The average molecular weight is 377 g/mol. The number of aromatic hydroxyl groups is 1. The van der Waals surface area contributed by atoms with Crippen LogP contribution in [-0.4, -0.2) is 37.6 Å². The monoisotopic (exact) mass is 377 g/mol. The number of amides is 1. The molecule has 0 aliphatic carbocycles. The second-order valence-corrected chi connectivity index (χ2v) is 6.68. The van der Waals surface area contributed by atoms with Gasteiger partial charge in [0.25, 0.3) is 15.9 Å². The van der Waals surface area contributed by atoms with Gasteiger partial charge in [0.15, 0.2) is 11.5 Å². The van der Waals surface area contributed by atoms with E-state index in [4.69, 9.17) is 9.84 Å². The van der Waals surface area contributed by atoms with Crippen molar-refractivity contribution in [3.05, 3.63) is 59.7 Å². The summed E-state index contributed by atoms with van der Waals surface area (Å²) in [4.78, 5) is 21.3. The van der Waals surface area contributed by atoms with E-state index in [1.165, 1.54) is 31.4 Å². The lowest BCUT2D eigenvalue weighted by Crippen LogP contribution is -2.20. The van der Waals surface area contributed by atoms with E-state index in [1.54, 1.807) is 24.3 Å². The molecule has 0 unspecified atom stereocenters. The number of fused-ring (bicyclic) bond motifs is 1. The van der Waals surface area contributed by atoms with Crippen molar-refractivity contribution in [2.24, 2.45) is 0 Å². The minimum absolute atomic E-state index is 0.0278. The number of carbonyl (C=O) groups excluding carboxylic acids is 1. The number of hydrogen-bond acceptors (Lipinski definition) is 6. The van der Waals surface area contributed by atoms with Crippen molar-refractivity contribution in [1.82, 2.24) is 4.72 Å². The highest BCUT2D eigenvalue weighted by molar-refractivity contribution is 7.90. The summed E-state index contributed by atoms with van der Waals surface area (Å²) in [5.74, 6) is -1.22. The normalized spacial score (nSPS) is 14.1. The summed E-state index contributed by atoms with van der Waals surface area (Å²) in [6.45, 7) is 0. The van der Waals surface area contributed by atoms with Gasteiger partial charge in [0.1, 0.15) is 4.90 Å². The quantitative estimate of drug-likeness (QED) is 0.693. The Hall–Kier alpha value is -3.33. The Balaban J connectivity index is 0.000000189. The first-order chi connectivity index (χ1) is 12.2. The van der Waals surface area contributed by atoms with E-state index in [0.29, 0.717) is 11.3 Å². The highest BCUT2D eigenvalue weighted by Gasteiger charge is 2.31. The molecular formula is C17H15NO7S. The van der Waals surface area contributed by atoms with Gasteiger partial charge in [-0.2, -0.15) is 0 Å². The van der Waals surface area contributed by atoms with Crippen LogP contribution in [0.3, 0.4) is 0 Å². The summed E-state index contributed by atoms with van der Waals surface area (Å²) < 4.78 is 29.0. The van der Waals surface area contributed by atoms with Crippen LogP contribution in [0.1, 0.15) is 15.9 Å². The maximum atomic E-state index is 11.1. The number of carboxylic acids is 1. The van der Waals surface area contributed by atoms with Crippen molar-refractivity contribution >= 4 is 28.0 Å². The van der Waals surface area contributed by atoms with Gasteiger partial charge in [-0.15, -0.1) is 0 Å². The summed E-state index contributed by atoms with van der Waals surface area (Å²) in [7, 11) is -2.12. The summed E-state index contributed by atoms with van der Waals surface area (Å²) in [6.07, 6.45) is 2.44. The van der Waals surface area contributed by atoms with Crippen LogP contribution in [0.5, 0.6) is 11.5 Å². The Morgan fingerprint density at radius 1 is 1.19 bits per heavy atom. The molecule has 9 heteroatoms. The first-order valence-corrected chi connectivity index (χ1v) is 8.67. The molecule has 0 spiro atoms. The molecule has 2 aromatic rings. The lowest BCUT2D eigenvalue weighted by Gasteiger charge is -2.03. The smallest absolute Gasteiger partial charge is 0.328 e. The Morgan fingerprint density at radius 3 is 2.50 bits per heavy atom. The zero-order chi connectivity index (χ0) is 19.3. The van der Waals surface area contributed by atoms with E-state index in [1.807, 2.05) is 4.72 Å². The molecule has 0 aromatic heterocycles. The number of hydrogen-bond donors (Lipinski definition) is 3. The molecule has 2 aromatic carbocycles. The second kappa shape index (κ2) is 7.70. The third kappa shape index (κ3) is 4.39. The zero-order valence-corrected chi connectivity index (χ0v) is 14.4. The standard InChI is InChI=1S/C10H10O4.C7H5NO3S/c1-14-9-6-7(2-4-8(9)11)3-5-10(12)13;9-7-5-3-1-2-4-6(5)12(10,11)8-7/h2-6,11H,1H3,(H,12,13);1-4H,(H,8,9). The number of carboxylic acid groups (broad SMARTS) is 1. The Bertz CT molecular complexity index is 980. The van der Waals surface area contributed by atoms with Crippen molar-refractivity contribution in [2.75, 3.05) is 7.11 Å². The van der Waals surface area contributed by atoms with Gasteiger partial charge in [-0.05, 0) is 35.9 Å². The van der Waals surface area contributed by atoms with Crippen molar-refractivity contribution in [3.8, 4) is 11.5 Å². The summed E-state index contributed by atoms with van der Waals surface area (Å²) in [5.41, 5.74) is 0.875.